The third-order valence-corrected chi connectivity index (χ3v) is 5.21. The maximum absolute atomic E-state index is 12.5. The summed E-state index contributed by atoms with van der Waals surface area (Å²) in [4.78, 5) is 11.8. The Bertz CT molecular complexity index is 808. The van der Waals surface area contributed by atoms with E-state index in [4.69, 9.17) is 4.18 Å². The average molecular weight is 362 g/mol. The molecule has 2 unspecified atom stereocenters. The Kier molecular flexibility index (Phi) is 5.65. The monoisotopic (exact) mass is 362 g/mol. The van der Waals surface area contributed by atoms with E-state index in [9.17, 15) is 18.3 Å². The van der Waals surface area contributed by atoms with Crippen molar-refractivity contribution >= 4 is 16.1 Å². The summed E-state index contributed by atoms with van der Waals surface area (Å²) in [5.41, 5.74) is 0.182. The Morgan fingerprint density at radius 2 is 1.44 bits per heavy atom. The lowest BCUT2D eigenvalue weighted by molar-refractivity contribution is -0.147. The first-order chi connectivity index (χ1) is 11.6. The zero-order chi connectivity index (χ0) is 18.7. The number of benzene rings is 2. The van der Waals surface area contributed by atoms with Gasteiger partial charge in [0.25, 0.3) is 10.1 Å². The smallest absolute Gasteiger partial charge is 0.335 e. The molecule has 0 saturated carbocycles. The van der Waals surface area contributed by atoms with E-state index in [1.165, 1.54) is 12.1 Å². The zero-order valence-electron chi connectivity index (χ0n) is 14.4. The molecule has 2 aromatic rings. The van der Waals surface area contributed by atoms with Crippen molar-refractivity contribution in [3.63, 3.8) is 0 Å². The molecule has 0 fully saturated rings. The minimum atomic E-state index is -4.20. The molecule has 25 heavy (non-hydrogen) atoms. The van der Waals surface area contributed by atoms with Crippen molar-refractivity contribution in [1.29, 1.82) is 0 Å². The number of hydrogen-bond donors (Lipinski definition) is 1. The highest BCUT2D eigenvalue weighted by Gasteiger charge is 2.41. The normalized spacial score (nSPS) is 14.7. The van der Waals surface area contributed by atoms with Gasteiger partial charge < -0.3 is 5.11 Å². The zero-order valence-corrected chi connectivity index (χ0v) is 15.2. The van der Waals surface area contributed by atoms with Gasteiger partial charge in [-0.25, -0.2) is 4.79 Å². The third kappa shape index (κ3) is 4.67. The summed E-state index contributed by atoms with van der Waals surface area (Å²) >= 11 is 0. The standard InChI is InChI=1S/C19H22O5S/c1-19(2,3)16(14-10-6-4-7-11-14)17(18(20)21)24-25(22,23)15-12-8-5-9-13-15/h4-13,16-17H,1-3H3,(H,20,21). The van der Waals surface area contributed by atoms with E-state index in [2.05, 4.69) is 0 Å². The van der Waals surface area contributed by atoms with Gasteiger partial charge >= 0.3 is 5.97 Å². The lowest BCUT2D eigenvalue weighted by Crippen LogP contribution is -2.39. The van der Waals surface area contributed by atoms with E-state index in [1.54, 1.807) is 42.5 Å². The van der Waals surface area contributed by atoms with Gasteiger partial charge in [0.2, 0.25) is 0 Å². The SMILES string of the molecule is CC(C)(C)C(c1ccccc1)C(OS(=O)(=O)c1ccccc1)C(=O)O. The molecule has 2 atom stereocenters. The van der Waals surface area contributed by atoms with Crippen molar-refractivity contribution in [1.82, 2.24) is 0 Å². The maximum Gasteiger partial charge on any atom is 0.335 e. The predicted molar refractivity (Wildman–Crippen MR) is 94.8 cm³/mol. The summed E-state index contributed by atoms with van der Waals surface area (Å²) in [5, 5.41) is 9.69. The Morgan fingerprint density at radius 1 is 0.960 bits per heavy atom. The number of aliphatic carboxylic acids is 1. The molecule has 5 nitrogen and oxygen atoms in total. The molecule has 6 heteroatoms. The lowest BCUT2D eigenvalue weighted by Gasteiger charge is -2.34. The van der Waals surface area contributed by atoms with Crippen molar-refractivity contribution in [2.45, 2.75) is 37.7 Å². The first kappa shape index (κ1) is 19.1. The first-order valence-electron chi connectivity index (χ1n) is 7.89. The molecule has 0 saturated heterocycles. The fourth-order valence-corrected chi connectivity index (χ4v) is 3.88. The predicted octanol–water partition coefficient (Wildman–Crippen LogP) is 3.68. The highest BCUT2D eigenvalue weighted by Crippen LogP contribution is 2.40. The van der Waals surface area contributed by atoms with Crippen LogP contribution in [0.5, 0.6) is 0 Å². The molecule has 134 valence electrons. The van der Waals surface area contributed by atoms with E-state index in [-0.39, 0.29) is 4.90 Å². The minimum absolute atomic E-state index is 0.0676. The van der Waals surface area contributed by atoms with Crippen LogP contribution in [0.2, 0.25) is 0 Å². The molecule has 0 radical (unpaired) electrons. The fraction of sp³-hybridized carbons (Fsp3) is 0.316. The molecule has 0 amide bonds. The quantitative estimate of drug-likeness (QED) is 0.793. The molecule has 0 aliphatic heterocycles. The van der Waals surface area contributed by atoms with E-state index in [1.807, 2.05) is 26.8 Å². The Balaban J connectivity index is 2.47. The summed E-state index contributed by atoms with van der Waals surface area (Å²) in [5.74, 6) is -1.96. The average Bonchev–Trinajstić information content (AvgIpc) is 2.54. The molecule has 2 rings (SSSR count). The van der Waals surface area contributed by atoms with Crippen molar-refractivity contribution in [2.75, 3.05) is 0 Å². The fourth-order valence-electron chi connectivity index (χ4n) is 2.81. The van der Waals surface area contributed by atoms with Crippen LogP contribution >= 0.6 is 0 Å². The molecule has 0 spiro atoms. The third-order valence-electron chi connectivity index (χ3n) is 3.90. The molecular weight excluding hydrogens is 340 g/mol. The summed E-state index contributed by atoms with van der Waals surface area (Å²) in [6, 6.07) is 16.5. The minimum Gasteiger partial charge on any atom is -0.479 e. The van der Waals surface area contributed by atoms with Crippen LogP contribution in [-0.4, -0.2) is 25.6 Å². The number of carbonyl (C=O) groups is 1. The molecule has 2 aromatic carbocycles. The Morgan fingerprint density at radius 3 is 1.88 bits per heavy atom. The molecule has 0 aromatic heterocycles. The summed E-state index contributed by atoms with van der Waals surface area (Å²) in [6.07, 6.45) is -1.53. The lowest BCUT2D eigenvalue weighted by atomic mass is 9.73. The number of rotatable bonds is 6. The van der Waals surface area contributed by atoms with Crippen LogP contribution in [0.15, 0.2) is 65.6 Å². The largest absolute Gasteiger partial charge is 0.479 e. The molecule has 0 aliphatic carbocycles. The van der Waals surface area contributed by atoms with Gasteiger partial charge in [0.15, 0.2) is 6.10 Å². The van der Waals surface area contributed by atoms with Gasteiger partial charge in [-0.3, -0.25) is 4.18 Å². The molecule has 0 heterocycles. The van der Waals surface area contributed by atoms with Crippen molar-refractivity contribution in [3.8, 4) is 0 Å². The van der Waals surface area contributed by atoms with Gasteiger partial charge in [-0.2, -0.15) is 8.42 Å². The van der Waals surface area contributed by atoms with E-state index >= 15 is 0 Å². The highest BCUT2D eigenvalue weighted by atomic mass is 32.2. The van der Waals surface area contributed by atoms with Gasteiger partial charge in [0.1, 0.15) is 0 Å². The van der Waals surface area contributed by atoms with Gasteiger partial charge in [-0.05, 0) is 23.1 Å². The van der Waals surface area contributed by atoms with E-state index in [0.717, 1.165) is 0 Å². The van der Waals surface area contributed by atoms with Gasteiger partial charge in [0, 0.05) is 5.92 Å². The van der Waals surface area contributed by atoms with Crippen LogP contribution in [0.3, 0.4) is 0 Å². The van der Waals surface area contributed by atoms with Crippen LogP contribution in [-0.2, 0) is 19.1 Å². The summed E-state index contributed by atoms with van der Waals surface area (Å²) in [6.45, 7) is 5.58. The second-order valence-corrected chi connectivity index (χ2v) is 8.45. The van der Waals surface area contributed by atoms with Crippen LogP contribution in [0.1, 0.15) is 32.3 Å². The van der Waals surface area contributed by atoms with Gasteiger partial charge in [-0.1, -0.05) is 69.3 Å². The van der Waals surface area contributed by atoms with E-state index < -0.39 is 33.5 Å². The van der Waals surface area contributed by atoms with Crippen LogP contribution < -0.4 is 0 Å². The van der Waals surface area contributed by atoms with Crippen molar-refractivity contribution in [3.05, 3.63) is 66.2 Å². The topological polar surface area (TPSA) is 80.7 Å². The second kappa shape index (κ2) is 7.37. The van der Waals surface area contributed by atoms with Gasteiger partial charge in [-0.15, -0.1) is 0 Å². The molecular formula is C19H22O5S. The second-order valence-electron chi connectivity index (χ2n) is 6.88. The van der Waals surface area contributed by atoms with Crippen LogP contribution in [0.4, 0.5) is 0 Å². The number of carboxylic acids is 1. The molecule has 0 bridgehead atoms. The van der Waals surface area contributed by atoms with Gasteiger partial charge in [0.05, 0.1) is 4.90 Å². The van der Waals surface area contributed by atoms with E-state index in [0.29, 0.717) is 5.56 Å². The maximum atomic E-state index is 12.5. The van der Waals surface area contributed by atoms with Crippen LogP contribution in [0.25, 0.3) is 0 Å². The molecule has 1 N–H and O–H groups in total. The van der Waals surface area contributed by atoms with Crippen molar-refractivity contribution < 1.29 is 22.5 Å². The summed E-state index contributed by atoms with van der Waals surface area (Å²) in [7, 11) is -4.20. The Hall–Kier alpha value is -2.18. The number of hydrogen-bond acceptors (Lipinski definition) is 4. The van der Waals surface area contributed by atoms with Crippen LogP contribution in [0, 0.1) is 5.41 Å². The van der Waals surface area contributed by atoms with Crippen molar-refractivity contribution in [2.24, 2.45) is 5.41 Å². The first-order valence-corrected chi connectivity index (χ1v) is 9.30. The highest BCUT2D eigenvalue weighted by molar-refractivity contribution is 7.86. The summed E-state index contributed by atoms with van der Waals surface area (Å²) < 4.78 is 30.2. The molecule has 0 aliphatic rings. The number of carboxylic acid groups (broad SMARTS) is 1. The Labute approximate surface area is 148 Å².